The van der Waals surface area contributed by atoms with E-state index in [1.165, 1.54) is 24.1 Å². The second-order valence-electron chi connectivity index (χ2n) is 9.06. The highest BCUT2D eigenvalue weighted by Crippen LogP contribution is 2.51. The van der Waals surface area contributed by atoms with Gasteiger partial charge >= 0.3 is 13.8 Å². The van der Waals surface area contributed by atoms with Gasteiger partial charge in [-0.3, -0.25) is 9.36 Å². The molecule has 15 heteroatoms. The molecule has 0 atom stereocenters. The van der Waals surface area contributed by atoms with Crippen molar-refractivity contribution in [1.82, 2.24) is 14.9 Å². The van der Waals surface area contributed by atoms with Gasteiger partial charge in [-0.05, 0) is 43.7 Å². The largest absolute Gasteiger partial charge is 0.495 e. The molecule has 1 amide bonds. The Kier molecular flexibility index (Phi) is 8.76. The topological polar surface area (TPSA) is 141 Å². The van der Waals surface area contributed by atoms with Crippen molar-refractivity contribution in [2.24, 2.45) is 0 Å². The van der Waals surface area contributed by atoms with Gasteiger partial charge in [-0.15, -0.1) is 0 Å². The van der Waals surface area contributed by atoms with Crippen molar-refractivity contribution >= 4 is 42.3 Å². The highest BCUT2D eigenvalue weighted by Gasteiger charge is 2.37. The Labute approximate surface area is 234 Å². The quantitative estimate of drug-likeness (QED) is 0.181. The van der Waals surface area contributed by atoms with Crippen LogP contribution in [0.25, 0.3) is 0 Å². The summed E-state index contributed by atoms with van der Waals surface area (Å²) in [6.45, 7) is 4.07. The van der Waals surface area contributed by atoms with E-state index >= 15 is 0 Å². The molecule has 3 aromatic rings. The summed E-state index contributed by atoms with van der Waals surface area (Å²) in [6.07, 6.45) is -4.15. The number of fused-ring (bicyclic) bond motifs is 1. The number of nitrogens with zero attached hydrogens (tertiary/aromatic N) is 3. The van der Waals surface area contributed by atoms with Crippen LogP contribution in [0.2, 0.25) is 0 Å². The molecule has 4 N–H and O–H groups in total. The molecule has 0 radical (unpaired) electrons. The number of amides is 1. The van der Waals surface area contributed by atoms with Crippen molar-refractivity contribution in [2.45, 2.75) is 32.7 Å². The van der Waals surface area contributed by atoms with Gasteiger partial charge in [-0.2, -0.15) is 18.2 Å². The molecule has 11 nitrogen and oxygen atoms in total. The molecular weight excluding hydrogens is 564 g/mol. The average Bonchev–Trinajstić information content (AvgIpc) is 3.21. The number of carbonyl (C=O) groups is 1. The molecule has 0 unspecified atom stereocenters. The summed E-state index contributed by atoms with van der Waals surface area (Å²) >= 11 is 0. The zero-order valence-electron chi connectivity index (χ0n) is 22.8. The molecule has 220 valence electrons. The van der Waals surface area contributed by atoms with Crippen molar-refractivity contribution in [3.63, 3.8) is 0 Å². The first-order valence-electron chi connectivity index (χ1n) is 12.6. The SMILES string of the molecule is CCOP(=O)(Cc1ccc(Nc2ncc(C(F)(F)F)c(Nc3ccc(N)c4c3C(=O)N(C)C4)n2)c(OC)c1)OCC. The Balaban J connectivity index is 1.67. The van der Waals surface area contributed by atoms with Crippen LogP contribution in [0.3, 0.4) is 0 Å². The van der Waals surface area contributed by atoms with Crippen LogP contribution in [0.15, 0.2) is 36.5 Å². The average molecular weight is 595 g/mol. The molecule has 2 aromatic carbocycles. The summed E-state index contributed by atoms with van der Waals surface area (Å²) < 4.78 is 70.8. The van der Waals surface area contributed by atoms with E-state index in [0.29, 0.717) is 34.4 Å². The van der Waals surface area contributed by atoms with E-state index in [2.05, 4.69) is 20.6 Å². The number of rotatable bonds is 11. The Hall–Kier alpha value is -3.87. The highest BCUT2D eigenvalue weighted by atomic mass is 31.2. The number of aromatic nitrogens is 2. The second-order valence-corrected chi connectivity index (χ2v) is 11.1. The standard InChI is InChI=1S/C26H30F3N6O5P/c1-5-39-41(37,40-6-2)14-15-7-9-19(21(11-15)38-4)33-25-31-12-17(26(27,28)29)23(34-25)32-20-10-8-18(30)16-13-35(3)24(36)22(16)20/h7-12H,5-6,13-14,30H2,1-4H3,(H2,31,32,33,34). The number of halogens is 3. The maximum absolute atomic E-state index is 13.9. The van der Waals surface area contributed by atoms with Crippen LogP contribution >= 0.6 is 7.60 Å². The molecule has 0 saturated carbocycles. The third-order valence-corrected chi connectivity index (χ3v) is 8.25. The number of hydrogen-bond acceptors (Lipinski definition) is 10. The molecular formula is C26H30F3N6O5P. The van der Waals surface area contributed by atoms with E-state index in [4.69, 9.17) is 19.5 Å². The number of anilines is 5. The molecule has 41 heavy (non-hydrogen) atoms. The van der Waals surface area contributed by atoms with E-state index in [1.54, 1.807) is 39.1 Å². The first-order valence-corrected chi connectivity index (χ1v) is 14.3. The molecule has 0 fully saturated rings. The van der Waals surface area contributed by atoms with Gasteiger partial charge in [-0.1, -0.05) is 6.07 Å². The highest BCUT2D eigenvalue weighted by molar-refractivity contribution is 7.53. The number of nitrogens with one attached hydrogen (secondary N) is 2. The lowest BCUT2D eigenvalue weighted by Crippen LogP contribution is -2.18. The number of benzene rings is 2. The van der Waals surface area contributed by atoms with Crippen LogP contribution < -0.4 is 21.1 Å². The maximum Gasteiger partial charge on any atom is 0.421 e. The van der Waals surface area contributed by atoms with Crippen LogP contribution in [-0.2, 0) is 32.5 Å². The molecule has 0 saturated heterocycles. The van der Waals surface area contributed by atoms with E-state index in [0.717, 1.165) is 0 Å². The van der Waals surface area contributed by atoms with Gasteiger partial charge in [0.05, 0.1) is 43.4 Å². The van der Waals surface area contributed by atoms with Crippen molar-refractivity contribution in [3.05, 3.63) is 58.8 Å². The Morgan fingerprint density at radius 1 is 1.10 bits per heavy atom. The van der Waals surface area contributed by atoms with E-state index in [-0.39, 0.29) is 49.0 Å². The van der Waals surface area contributed by atoms with Gasteiger partial charge in [0.2, 0.25) is 5.95 Å². The number of methoxy groups -OCH3 is 1. The van der Waals surface area contributed by atoms with E-state index in [1.807, 2.05) is 0 Å². The number of alkyl halides is 3. The molecule has 0 aliphatic carbocycles. The van der Waals surface area contributed by atoms with Crippen molar-refractivity contribution < 1.29 is 36.3 Å². The second kappa shape index (κ2) is 11.9. The minimum atomic E-state index is -4.78. The van der Waals surface area contributed by atoms with Gasteiger partial charge in [0, 0.05) is 31.0 Å². The number of hydrogen-bond donors (Lipinski definition) is 3. The van der Waals surface area contributed by atoms with E-state index < -0.39 is 25.2 Å². The monoisotopic (exact) mass is 594 g/mol. The van der Waals surface area contributed by atoms with Crippen molar-refractivity contribution in [3.8, 4) is 5.75 Å². The van der Waals surface area contributed by atoms with Gasteiger partial charge in [0.15, 0.2) is 0 Å². The number of carbonyl (C=O) groups excluding carboxylic acids is 1. The third-order valence-electron chi connectivity index (χ3n) is 6.19. The predicted molar refractivity (Wildman–Crippen MR) is 148 cm³/mol. The maximum atomic E-state index is 13.9. The fraction of sp³-hybridized carbons (Fsp3) is 0.346. The zero-order valence-corrected chi connectivity index (χ0v) is 23.7. The molecule has 1 aromatic heterocycles. The van der Waals surface area contributed by atoms with Crippen molar-refractivity contribution in [1.29, 1.82) is 0 Å². The van der Waals surface area contributed by atoms with Crippen LogP contribution in [0, 0.1) is 0 Å². The smallest absolute Gasteiger partial charge is 0.421 e. The van der Waals surface area contributed by atoms with Gasteiger partial charge in [-0.25, -0.2) is 4.98 Å². The fourth-order valence-electron chi connectivity index (χ4n) is 4.36. The lowest BCUT2D eigenvalue weighted by atomic mass is 10.1. The van der Waals surface area contributed by atoms with Crippen LogP contribution in [0.4, 0.5) is 42.0 Å². The Morgan fingerprint density at radius 2 is 1.78 bits per heavy atom. The summed E-state index contributed by atoms with van der Waals surface area (Å²) in [5, 5.41) is 5.53. The van der Waals surface area contributed by atoms with Gasteiger partial charge in [0.1, 0.15) is 17.1 Å². The molecule has 0 bridgehead atoms. The lowest BCUT2D eigenvalue weighted by Gasteiger charge is -2.19. The summed E-state index contributed by atoms with van der Waals surface area (Å²) in [7, 11) is -0.401. The number of nitrogen functional groups attached to an aromatic ring is 1. The zero-order chi connectivity index (χ0) is 29.9. The third kappa shape index (κ3) is 6.55. The van der Waals surface area contributed by atoms with Gasteiger partial charge < -0.3 is 35.1 Å². The molecule has 4 rings (SSSR count). The number of ether oxygens (including phenoxy) is 1. The molecule has 1 aliphatic heterocycles. The first-order chi connectivity index (χ1) is 19.4. The first kappa shape index (κ1) is 30.1. The van der Waals surface area contributed by atoms with Crippen LogP contribution in [0.5, 0.6) is 5.75 Å². The summed E-state index contributed by atoms with van der Waals surface area (Å²) in [5.41, 5.74) is 7.01. The minimum absolute atomic E-state index is 0.00398. The predicted octanol–water partition coefficient (Wildman–Crippen LogP) is 5.93. The Bertz CT molecular complexity index is 1490. The summed E-state index contributed by atoms with van der Waals surface area (Å²) in [5.74, 6) is -0.811. The Morgan fingerprint density at radius 3 is 2.41 bits per heavy atom. The van der Waals surface area contributed by atoms with Crippen LogP contribution in [0.1, 0.15) is 40.9 Å². The van der Waals surface area contributed by atoms with Gasteiger partial charge in [0.25, 0.3) is 5.91 Å². The molecule has 1 aliphatic rings. The minimum Gasteiger partial charge on any atom is -0.495 e. The lowest BCUT2D eigenvalue weighted by molar-refractivity contribution is -0.137. The molecule has 0 spiro atoms. The summed E-state index contributed by atoms with van der Waals surface area (Å²) in [4.78, 5) is 22.1. The van der Waals surface area contributed by atoms with Crippen molar-refractivity contribution in [2.75, 3.05) is 43.7 Å². The van der Waals surface area contributed by atoms with Crippen LogP contribution in [-0.4, -0.2) is 48.1 Å². The molecule has 2 heterocycles. The van der Waals surface area contributed by atoms with E-state index in [9.17, 15) is 22.5 Å². The normalized spacial score (nSPS) is 13.3. The fourth-order valence-corrected chi connectivity index (χ4v) is 6.05. The number of nitrogens with two attached hydrogens (primary N) is 1. The summed E-state index contributed by atoms with van der Waals surface area (Å²) in [6, 6.07) is 7.80.